The molecule has 2 N–H and O–H groups in total. The second kappa shape index (κ2) is 6.39. The first-order chi connectivity index (χ1) is 13.5. The van der Waals surface area contributed by atoms with E-state index in [0.29, 0.717) is 35.3 Å². The molecule has 4 heterocycles. The van der Waals surface area contributed by atoms with E-state index in [4.69, 9.17) is 20.4 Å². The molecule has 0 saturated carbocycles. The number of hydrogen-bond acceptors (Lipinski definition) is 8. The van der Waals surface area contributed by atoms with Gasteiger partial charge in [-0.05, 0) is 12.1 Å². The van der Waals surface area contributed by atoms with Crippen molar-refractivity contribution in [3.63, 3.8) is 0 Å². The first kappa shape index (κ1) is 17.3. The molecule has 0 amide bonds. The number of anilines is 1. The summed E-state index contributed by atoms with van der Waals surface area (Å²) in [6.07, 6.45) is 0. The van der Waals surface area contributed by atoms with Crippen LogP contribution in [0.5, 0.6) is 5.75 Å². The van der Waals surface area contributed by atoms with Crippen LogP contribution in [0, 0.1) is 0 Å². The minimum Gasteiger partial charge on any atom is -0.494 e. The molecule has 0 fully saturated rings. The summed E-state index contributed by atoms with van der Waals surface area (Å²) < 4.78 is 7.02. The monoisotopic (exact) mass is 395 g/mol. The molecule has 0 unspecified atom stereocenters. The number of rotatable bonds is 4. The molecule has 0 radical (unpaired) electrons. The van der Waals surface area contributed by atoms with Crippen LogP contribution >= 0.6 is 11.3 Å². The summed E-state index contributed by atoms with van der Waals surface area (Å²) in [5.41, 5.74) is 8.72. The second-order valence-electron chi connectivity index (χ2n) is 7.31. The highest BCUT2D eigenvalue weighted by Gasteiger charge is 2.25. The summed E-state index contributed by atoms with van der Waals surface area (Å²) >= 11 is 1.82. The Morgan fingerprint density at radius 1 is 1.21 bits per heavy atom. The maximum absolute atomic E-state index is 6.14. The van der Waals surface area contributed by atoms with Crippen LogP contribution in [0.3, 0.4) is 0 Å². The number of nitrogens with zero attached hydrogens (tertiary/aromatic N) is 6. The minimum absolute atomic E-state index is 0.300. The fourth-order valence-corrected chi connectivity index (χ4v) is 4.70. The average molecular weight is 395 g/mol. The maximum atomic E-state index is 6.14. The van der Waals surface area contributed by atoms with Gasteiger partial charge in [0.05, 0.1) is 24.4 Å². The summed E-state index contributed by atoms with van der Waals surface area (Å²) in [6.45, 7) is 6.73. The molecule has 8 nitrogen and oxygen atoms in total. The predicted molar refractivity (Wildman–Crippen MR) is 108 cm³/mol. The third kappa shape index (κ3) is 2.70. The Kier molecular flexibility index (Phi) is 3.95. The zero-order valence-corrected chi connectivity index (χ0v) is 16.8. The van der Waals surface area contributed by atoms with Crippen LogP contribution in [-0.2, 0) is 19.6 Å². The Morgan fingerprint density at radius 2 is 2.07 bits per heavy atom. The first-order valence-corrected chi connectivity index (χ1v) is 10.0. The number of nitrogens with two attached hydrogens (primary N) is 1. The van der Waals surface area contributed by atoms with Gasteiger partial charge in [0.1, 0.15) is 11.3 Å². The topological polar surface area (TPSA) is 94.5 Å². The molecule has 1 aromatic carbocycles. The summed E-state index contributed by atoms with van der Waals surface area (Å²) in [5, 5.41) is 6.68. The molecule has 28 heavy (non-hydrogen) atoms. The van der Waals surface area contributed by atoms with E-state index in [1.54, 1.807) is 11.6 Å². The number of para-hydroxylation sites is 1. The maximum Gasteiger partial charge on any atom is 0.223 e. The smallest absolute Gasteiger partial charge is 0.223 e. The Labute approximate surface area is 166 Å². The third-order valence-corrected chi connectivity index (χ3v) is 6.33. The Bertz CT molecular complexity index is 1170. The van der Waals surface area contributed by atoms with Crippen LogP contribution in [0.15, 0.2) is 18.2 Å². The van der Waals surface area contributed by atoms with Crippen molar-refractivity contribution >= 4 is 33.8 Å². The van der Waals surface area contributed by atoms with Crippen molar-refractivity contribution in [3.05, 3.63) is 39.6 Å². The number of hydrogen-bond donors (Lipinski definition) is 1. The Hall–Kier alpha value is -2.78. The number of thiazole rings is 1. The van der Waals surface area contributed by atoms with E-state index in [1.807, 2.05) is 29.5 Å². The molecule has 0 saturated heterocycles. The van der Waals surface area contributed by atoms with Gasteiger partial charge in [0.25, 0.3) is 0 Å². The molecule has 0 bridgehead atoms. The molecule has 1 aliphatic heterocycles. The van der Waals surface area contributed by atoms with Gasteiger partial charge >= 0.3 is 0 Å². The van der Waals surface area contributed by atoms with Gasteiger partial charge in [-0.1, -0.05) is 19.9 Å². The summed E-state index contributed by atoms with van der Waals surface area (Å²) in [7, 11) is 1.62. The van der Waals surface area contributed by atoms with Crippen LogP contribution in [0.2, 0.25) is 0 Å². The summed E-state index contributed by atoms with van der Waals surface area (Å²) in [4.78, 5) is 17.7. The number of benzene rings is 1. The zero-order valence-electron chi connectivity index (χ0n) is 16.0. The summed E-state index contributed by atoms with van der Waals surface area (Å²) in [6, 6.07) is 5.75. The molecule has 4 aromatic rings. The minimum atomic E-state index is 0.300. The van der Waals surface area contributed by atoms with Gasteiger partial charge < -0.3 is 10.5 Å². The lowest BCUT2D eigenvalue weighted by Gasteiger charge is -2.11. The molecule has 0 aliphatic carbocycles. The van der Waals surface area contributed by atoms with Crippen LogP contribution in [0.25, 0.3) is 16.6 Å². The molecule has 0 spiro atoms. The van der Waals surface area contributed by atoms with E-state index in [2.05, 4.69) is 28.8 Å². The summed E-state index contributed by atoms with van der Waals surface area (Å²) in [5.74, 6) is 2.18. The van der Waals surface area contributed by atoms with Gasteiger partial charge in [-0.25, -0.2) is 15.0 Å². The van der Waals surface area contributed by atoms with Gasteiger partial charge in [-0.15, -0.1) is 16.4 Å². The van der Waals surface area contributed by atoms with E-state index < -0.39 is 0 Å². The number of nitrogen functional groups attached to an aromatic ring is 1. The van der Waals surface area contributed by atoms with E-state index in [0.717, 1.165) is 24.3 Å². The predicted octanol–water partition coefficient (Wildman–Crippen LogP) is 2.96. The van der Waals surface area contributed by atoms with Crippen molar-refractivity contribution in [2.24, 2.45) is 0 Å². The third-order valence-electron chi connectivity index (χ3n) is 4.95. The molecule has 9 heteroatoms. The number of ether oxygens (including phenoxy) is 1. The van der Waals surface area contributed by atoms with Crippen molar-refractivity contribution < 1.29 is 4.74 Å². The fourth-order valence-electron chi connectivity index (χ4n) is 3.58. The largest absolute Gasteiger partial charge is 0.494 e. The van der Waals surface area contributed by atoms with Crippen LogP contribution in [0.1, 0.15) is 41.2 Å². The van der Waals surface area contributed by atoms with Crippen LogP contribution in [0.4, 0.5) is 5.95 Å². The van der Waals surface area contributed by atoms with Crippen molar-refractivity contribution in [3.8, 4) is 5.75 Å². The molecular formula is C19H21N7OS. The second-order valence-corrected chi connectivity index (χ2v) is 8.43. The van der Waals surface area contributed by atoms with Crippen molar-refractivity contribution in [1.29, 1.82) is 0 Å². The van der Waals surface area contributed by atoms with Gasteiger partial charge in [0.2, 0.25) is 5.95 Å². The molecule has 5 rings (SSSR count). The Morgan fingerprint density at radius 3 is 2.82 bits per heavy atom. The molecular weight excluding hydrogens is 374 g/mol. The highest BCUT2D eigenvalue weighted by atomic mass is 32.1. The average Bonchev–Trinajstić information content (AvgIpc) is 3.34. The highest BCUT2D eigenvalue weighted by molar-refractivity contribution is 7.11. The van der Waals surface area contributed by atoms with Crippen molar-refractivity contribution in [2.45, 2.75) is 39.4 Å². The number of aromatic nitrogens is 5. The lowest BCUT2D eigenvalue weighted by atomic mass is 10.2. The van der Waals surface area contributed by atoms with Crippen LogP contribution < -0.4 is 10.5 Å². The molecule has 3 aromatic heterocycles. The highest BCUT2D eigenvalue weighted by Crippen LogP contribution is 2.32. The Balaban J connectivity index is 1.46. The van der Waals surface area contributed by atoms with E-state index in [9.17, 15) is 0 Å². The standard InChI is InChI=1S/C19H21N7OS/c1-10(2)18-21-12-7-25(8-14(12)28-18)9-15-22-17-11-5-4-6-13(27-3)16(11)23-19(20)26(17)24-15/h4-6,10H,7-9H2,1-3H3,(H2,20,23). The first-order valence-electron chi connectivity index (χ1n) is 9.22. The quantitative estimate of drug-likeness (QED) is 0.568. The van der Waals surface area contributed by atoms with E-state index in [1.165, 1.54) is 15.6 Å². The lowest BCUT2D eigenvalue weighted by molar-refractivity contribution is 0.267. The van der Waals surface area contributed by atoms with Gasteiger partial charge in [-0.3, -0.25) is 4.90 Å². The number of methoxy groups -OCH3 is 1. The van der Waals surface area contributed by atoms with Crippen molar-refractivity contribution in [2.75, 3.05) is 12.8 Å². The zero-order chi connectivity index (χ0) is 19.4. The SMILES string of the molecule is COc1cccc2c1nc(N)n1nc(CN3Cc4nc(C(C)C)sc4C3)nc21. The van der Waals surface area contributed by atoms with Gasteiger partial charge in [0.15, 0.2) is 11.5 Å². The van der Waals surface area contributed by atoms with E-state index in [-0.39, 0.29) is 0 Å². The molecule has 0 atom stereocenters. The fraction of sp³-hybridized carbons (Fsp3) is 0.368. The lowest BCUT2D eigenvalue weighted by Crippen LogP contribution is -2.17. The van der Waals surface area contributed by atoms with Crippen molar-refractivity contribution in [1.82, 2.24) is 29.5 Å². The normalized spacial score (nSPS) is 14.4. The van der Waals surface area contributed by atoms with E-state index >= 15 is 0 Å². The van der Waals surface area contributed by atoms with Gasteiger partial charge in [-0.2, -0.15) is 4.52 Å². The molecule has 1 aliphatic rings. The van der Waals surface area contributed by atoms with Crippen LogP contribution in [-0.4, -0.2) is 36.6 Å². The molecule has 144 valence electrons. The number of fused-ring (bicyclic) bond motifs is 4. The van der Waals surface area contributed by atoms with Gasteiger partial charge in [0, 0.05) is 29.3 Å².